The number of hydrogen-bond donors (Lipinski definition) is 1. The van der Waals surface area contributed by atoms with Gasteiger partial charge in [-0.1, -0.05) is 17.7 Å². The summed E-state index contributed by atoms with van der Waals surface area (Å²) in [6.45, 7) is 6.42. The van der Waals surface area contributed by atoms with E-state index in [1.807, 2.05) is 19.2 Å². The summed E-state index contributed by atoms with van der Waals surface area (Å²) >= 11 is 0. The van der Waals surface area contributed by atoms with Crippen LogP contribution in [0.2, 0.25) is 0 Å². The Hall–Kier alpha value is -1.87. The fourth-order valence-corrected chi connectivity index (χ4v) is 2.86. The topological polar surface area (TPSA) is 34.2 Å². The normalized spacial score (nSPS) is 12.2. The number of aryl methyl sites for hydroxylation is 3. The number of nitrogens with zero attached hydrogens (tertiary/aromatic N) is 1. The minimum atomic E-state index is 0.0340. The molecule has 0 fully saturated rings. The maximum absolute atomic E-state index is 5.45. The van der Waals surface area contributed by atoms with Gasteiger partial charge in [-0.2, -0.15) is 0 Å². The number of aromatic nitrogens is 1. The Balaban J connectivity index is 2.59. The van der Waals surface area contributed by atoms with Crippen molar-refractivity contribution in [3.05, 3.63) is 58.4 Å². The second kappa shape index (κ2) is 6.06. The third-order valence-corrected chi connectivity index (χ3v) is 3.61. The van der Waals surface area contributed by atoms with Crippen molar-refractivity contribution in [2.45, 2.75) is 26.8 Å². The monoisotopic (exact) mass is 270 g/mol. The van der Waals surface area contributed by atoms with Gasteiger partial charge in [-0.25, -0.2) is 0 Å². The first-order valence-corrected chi connectivity index (χ1v) is 6.82. The summed E-state index contributed by atoms with van der Waals surface area (Å²) in [4.78, 5) is 4.51. The Labute approximate surface area is 121 Å². The van der Waals surface area contributed by atoms with E-state index in [4.69, 9.17) is 4.74 Å². The highest BCUT2D eigenvalue weighted by atomic mass is 16.5. The van der Waals surface area contributed by atoms with Gasteiger partial charge in [-0.15, -0.1) is 0 Å². The van der Waals surface area contributed by atoms with Gasteiger partial charge in [0.25, 0.3) is 0 Å². The molecule has 1 heterocycles. The second-order valence-corrected chi connectivity index (χ2v) is 5.12. The lowest BCUT2D eigenvalue weighted by Crippen LogP contribution is -2.21. The van der Waals surface area contributed by atoms with E-state index in [-0.39, 0.29) is 6.04 Å². The molecule has 1 N–H and O–H groups in total. The molecule has 2 rings (SSSR count). The quantitative estimate of drug-likeness (QED) is 0.925. The molecule has 0 spiro atoms. The van der Waals surface area contributed by atoms with E-state index in [1.165, 1.54) is 22.3 Å². The van der Waals surface area contributed by atoms with E-state index in [0.717, 1.165) is 11.4 Å². The van der Waals surface area contributed by atoms with Gasteiger partial charge in [0.05, 0.1) is 13.2 Å². The van der Waals surface area contributed by atoms with Gasteiger partial charge in [-0.05, 0) is 56.6 Å². The largest absolute Gasteiger partial charge is 0.495 e. The number of benzene rings is 1. The Bertz CT molecular complexity index is 585. The molecule has 0 amide bonds. The molecule has 0 bridgehead atoms. The fourth-order valence-electron chi connectivity index (χ4n) is 2.86. The van der Waals surface area contributed by atoms with Crippen LogP contribution < -0.4 is 10.1 Å². The standard InChI is InChI=1S/C17H22N2O/c1-11-9-12(2)15(13(3)10-11)17(18-4)16-14(20-5)7-6-8-19-16/h6-10,17-18H,1-5H3. The summed E-state index contributed by atoms with van der Waals surface area (Å²) in [5, 5.41) is 3.37. The van der Waals surface area contributed by atoms with Crippen molar-refractivity contribution in [3.8, 4) is 5.75 Å². The highest BCUT2D eigenvalue weighted by molar-refractivity contribution is 5.45. The zero-order valence-corrected chi connectivity index (χ0v) is 12.8. The van der Waals surface area contributed by atoms with Gasteiger partial charge >= 0.3 is 0 Å². The van der Waals surface area contributed by atoms with Crippen molar-refractivity contribution in [1.82, 2.24) is 10.3 Å². The van der Waals surface area contributed by atoms with E-state index in [9.17, 15) is 0 Å². The molecule has 0 radical (unpaired) electrons. The molecule has 20 heavy (non-hydrogen) atoms. The molecule has 2 aromatic rings. The van der Waals surface area contributed by atoms with Gasteiger partial charge < -0.3 is 10.1 Å². The predicted octanol–water partition coefficient (Wildman–Crippen LogP) is 3.32. The Morgan fingerprint density at radius 3 is 2.35 bits per heavy atom. The third-order valence-electron chi connectivity index (χ3n) is 3.61. The van der Waals surface area contributed by atoms with Gasteiger partial charge in [0.15, 0.2) is 0 Å². The molecule has 3 nitrogen and oxygen atoms in total. The minimum Gasteiger partial charge on any atom is -0.495 e. The molecule has 1 aromatic heterocycles. The maximum atomic E-state index is 5.45. The molecule has 1 atom stereocenters. The average Bonchev–Trinajstić information content (AvgIpc) is 2.42. The van der Waals surface area contributed by atoms with Crippen LogP contribution in [0.3, 0.4) is 0 Å². The summed E-state index contributed by atoms with van der Waals surface area (Å²) < 4.78 is 5.45. The summed E-state index contributed by atoms with van der Waals surface area (Å²) in [7, 11) is 3.64. The second-order valence-electron chi connectivity index (χ2n) is 5.12. The molecule has 3 heteroatoms. The van der Waals surface area contributed by atoms with Crippen LogP contribution in [-0.4, -0.2) is 19.1 Å². The van der Waals surface area contributed by atoms with Gasteiger partial charge in [0, 0.05) is 6.20 Å². The van der Waals surface area contributed by atoms with Gasteiger partial charge in [0.2, 0.25) is 0 Å². The van der Waals surface area contributed by atoms with Gasteiger partial charge in [0.1, 0.15) is 11.4 Å². The summed E-state index contributed by atoms with van der Waals surface area (Å²) in [6, 6.07) is 8.30. The molecule has 0 aliphatic heterocycles. The third kappa shape index (κ3) is 2.68. The van der Waals surface area contributed by atoms with Crippen LogP contribution in [0.5, 0.6) is 5.75 Å². The molecule has 0 saturated heterocycles. The van der Waals surface area contributed by atoms with Crippen molar-refractivity contribution >= 4 is 0 Å². The first-order valence-electron chi connectivity index (χ1n) is 6.82. The SMILES string of the molecule is CNC(c1ncccc1OC)c1c(C)cc(C)cc1C. The first kappa shape index (κ1) is 14.5. The highest BCUT2D eigenvalue weighted by Crippen LogP contribution is 2.32. The number of pyridine rings is 1. The number of rotatable bonds is 4. The van der Waals surface area contributed by atoms with Crippen LogP contribution in [-0.2, 0) is 0 Å². The maximum Gasteiger partial charge on any atom is 0.142 e. The summed E-state index contributed by atoms with van der Waals surface area (Å²) in [6.07, 6.45) is 1.81. The van der Waals surface area contributed by atoms with E-state index in [1.54, 1.807) is 13.3 Å². The highest BCUT2D eigenvalue weighted by Gasteiger charge is 2.21. The van der Waals surface area contributed by atoms with Crippen molar-refractivity contribution in [2.24, 2.45) is 0 Å². The number of methoxy groups -OCH3 is 1. The lowest BCUT2D eigenvalue weighted by atomic mass is 9.92. The first-order chi connectivity index (χ1) is 9.58. The smallest absolute Gasteiger partial charge is 0.142 e. The van der Waals surface area contributed by atoms with Crippen molar-refractivity contribution < 1.29 is 4.74 Å². The molecule has 0 aliphatic carbocycles. The Morgan fingerprint density at radius 2 is 1.80 bits per heavy atom. The molecular weight excluding hydrogens is 248 g/mol. The molecule has 1 aromatic carbocycles. The van der Waals surface area contributed by atoms with E-state index in [0.29, 0.717) is 0 Å². The van der Waals surface area contributed by atoms with Crippen LogP contribution in [0.4, 0.5) is 0 Å². The van der Waals surface area contributed by atoms with Crippen LogP contribution in [0.25, 0.3) is 0 Å². The van der Waals surface area contributed by atoms with Crippen LogP contribution >= 0.6 is 0 Å². The average molecular weight is 270 g/mol. The Morgan fingerprint density at radius 1 is 1.15 bits per heavy atom. The molecule has 0 aliphatic rings. The van der Waals surface area contributed by atoms with Crippen LogP contribution in [0.15, 0.2) is 30.5 Å². The van der Waals surface area contributed by atoms with Gasteiger partial charge in [-0.3, -0.25) is 4.98 Å². The fraction of sp³-hybridized carbons (Fsp3) is 0.353. The van der Waals surface area contributed by atoms with E-state index >= 15 is 0 Å². The zero-order valence-electron chi connectivity index (χ0n) is 12.8. The number of nitrogens with one attached hydrogen (secondary N) is 1. The lowest BCUT2D eigenvalue weighted by molar-refractivity contribution is 0.401. The van der Waals surface area contributed by atoms with Crippen molar-refractivity contribution in [3.63, 3.8) is 0 Å². The predicted molar refractivity (Wildman–Crippen MR) is 82.3 cm³/mol. The van der Waals surface area contributed by atoms with E-state index in [2.05, 4.69) is 43.2 Å². The summed E-state index contributed by atoms with van der Waals surface area (Å²) in [5.41, 5.74) is 6.03. The van der Waals surface area contributed by atoms with Crippen LogP contribution in [0.1, 0.15) is 34.0 Å². The van der Waals surface area contributed by atoms with E-state index < -0.39 is 0 Å². The Kier molecular flexibility index (Phi) is 4.40. The minimum absolute atomic E-state index is 0.0340. The van der Waals surface area contributed by atoms with Crippen molar-refractivity contribution in [2.75, 3.05) is 14.2 Å². The molecule has 106 valence electrons. The molecule has 1 unspecified atom stereocenters. The number of ether oxygens (including phenoxy) is 1. The van der Waals surface area contributed by atoms with Crippen molar-refractivity contribution in [1.29, 1.82) is 0 Å². The lowest BCUT2D eigenvalue weighted by Gasteiger charge is -2.23. The zero-order chi connectivity index (χ0) is 14.7. The summed E-state index contributed by atoms with van der Waals surface area (Å²) in [5.74, 6) is 0.811. The van der Waals surface area contributed by atoms with Crippen LogP contribution in [0, 0.1) is 20.8 Å². The number of hydrogen-bond acceptors (Lipinski definition) is 3. The molecular formula is C17H22N2O. The molecule has 0 saturated carbocycles.